The molecule has 0 unspecified atom stereocenters. The second kappa shape index (κ2) is 3.89. The Bertz CT molecular complexity index is 669. The molecule has 3 aromatic rings. The first kappa shape index (κ1) is 10.4. The van der Waals surface area contributed by atoms with Crippen LogP contribution in [0, 0.1) is 6.92 Å². The van der Waals surface area contributed by atoms with Crippen molar-refractivity contribution in [2.45, 2.75) is 6.92 Å². The van der Waals surface area contributed by atoms with Gasteiger partial charge >= 0.3 is 0 Å². The maximum atomic E-state index is 5.77. The number of rotatable bonds is 2. The third-order valence-electron chi connectivity index (χ3n) is 2.61. The topological polar surface area (TPSA) is 35.3 Å². The van der Waals surface area contributed by atoms with E-state index in [0.29, 0.717) is 0 Å². The number of methoxy groups -OCH3 is 1. The van der Waals surface area contributed by atoms with Gasteiger partial charge in [0.25, 0.3) is 0 Å². The van der Waals surface area contributed by atoms with Crippen LogP contribution in [0.25, 0.3) is 22.4 Å². The number of aryl methyl sites for hydroxylation is 1. The van der Waals surface area contributed by atoms with Gasteiger partial charge in [-0.2, -0.15) is 0 Å². The Balaban J connectivity index is 2.19. The number of fused-ring (bicyclic) bond motifs is 1. The van der Waals surface area contributed by atoms with Gasteiger partial charge in [0, 0.05) is 5.38 Å². The predicted molar refractivity (Wildman–Crippen MR) is 68.6 cm³/mol. The molecule has 0 bridgehead atoms. The third kappa shape index (κ3) is 1.70. The van der Waals surface area contributed by atoms with E-state index in [0.717, 1.165) is 33.2 Å². The molecular weight excluding hydrogens is 234 g/mol. The Kier molecular flexibility index (Phi) is 2.37. The van der Waals surface area contributed by atoms with Crippen molar-refractivity contribution in [2.75, 3.05) is 7.11 Å². The smallest absolute Gasteiger partial charge is 0.154 e. The Morgan fingerprint density at radius 3 is 2.94 bits per heavy atom. The average Bonchev–Trinajstić information content (AvgIpc) is 2.93. The average molecular weight is 245 g/mol. The molecule has 0 spiro atoms. The molecule has 4 heteroatoms. The van der Waals surface area contributed by atoms with Crippen molar-refractivity contribution in [3.05, 3.63) is 34.7 Å². The summed E-state index contributed by atoms with van der Waals surface area (Å²) in [7, 11) is 1.66. The first-order valence-electron chi connectivity index (χ1n) is 5.27. The van der Waals surface area contributed by atoms with E-state index < -0.39 is 0 Å². The summed E-state index contributed by atoms with van der Waals surface area (Å²) < 4.78 is 11.1. The van der Waals surface area contributed by atoms with Gasteiger partial charge in [0.15, 0.2) is 5.76 Å². The van der Waals surface area contributed by atoms with E-state index in [1.165, 1.54) is 0 Å². The van der Waals surface area contributed by atoms with Gasteiger partial charge < -0.3 is 9.15 Å². The van der Waals surface area contributed by atoms with Gasteiger partial charge in [0.2, 0.25) is 0 Å². The zero-order valence-corrected chi connectivity index (χ0v) is 10.4. The van der Waals surface area contributed by atoms with Crippen molar-refractivity contribution in [1.29, 1.82) is 0 Å². The number of hydrogen-bond donors (Lipinski definition) is 0. The van der Waals surface area contributed by atoms with Crippen molar-refractivity contribution >= 4 is 22.3 Å². The summed E-state index contributed by atoms with van der Waals surface area (Å²) in [6, 6.07) is 7.75. The highest BCUT2D eigenvalue weighted by molar-refractivity contribution is 7.09. The second-order valence-corrected chi connectivity index (χ2v) is 4.80. The zero-order valence-electron chi connectivity index (χ0n) is 9.56. The number of thiazole rings is 1. The SMILES string of the molecule is COc1cccc2oc(-c3csc(C)n3)cc12. The van der Waals surface area contributed by atoms with Gasteiger partial charge in [-0.3, -0.25) is 0 Å². The van der Waals surface area contributed by atoms with Gasteiger partial charge in [-0.25, -0.2) is 4.98 Å². The Morgan fingerprint density at radius 2 is 2.24 bits per heavy atom. The standard InChI is InChI=1S/C13H11NO2S/c1-8-14-10(7-17-8)13-6-9-11(15-2)4-3-5-12(9)16-13/h3-7H,1-2H3. The monoisotopic (exact) mass is 245 g/mol. The van der Waals surface area contributed by atoms with E-state index in [9.17, 15) is 0 Å². The fourth-order valence-electron chi connectivity index (χ4n) is 1.81. The number of benzene rings is 1. The van der Waals surface area contributed by atoms with Crippen LogP contribution >= 0.6 is 11.3 Å². The van der Waals surface area contributed by atoms with Crippen molar-refractivity contribution in [2.24, 2.45) is 0 Å². The van der Waals surface area contributed by atoms with Crippen LogP contribution in [0.1, 0.15) is 5.01 Å². The summed E-state index contributed by atoms with van der Waals surface area (Å²) in [5, 5.41) is 4.02. The summed E-state index contributed by atoms with van der Waals surface area (Å²) in [6.07, 6.45) is 0. The lowest BCUT2D eigenvalue weighted by atomic mass is 10.2. The normalized spacial score (nSPS) is 10.9. The summed E-state index contributed by atoms with van der Waals surface area (Å²) >= 11 is 1.62. The number of aromatic nitrogens is 1. The van der Waals surface area contributed by atoms with Crippen molar-refractivity contribution in [1.82, 2.24) is 4.98 Å². The molecule has 0 amide bonds. The third-order valence-corrected chi connectivity index (χ3v) is 3.39. The second-order valence-electron chi connectivity index (χ2n) is 3.73. The van der Waals surface area contributed by atoms with Crippen molar-refractivity contribution < 1.29 is 9.15 Å². The Morgan fingerprint density at radius 1 is 1.35 bits per heavy atom. The summed E-state index contributed by atoms with van der Waals surface area (Å²) in [5.74, 6) is 1.61. The molecule has 2 heterocycles. The number of furan rings is 1. The molecule has 0 saturated carbocycles. The van der Waals surface area contributed by atoms with Crippen LogP contribution in [0.15, 0.2) is 34.1 Å². The lowest BCUT2D eigenvalue weighted by molar-refractivity contribution is 0.419. The van der Waals surface area contributed by atoms with Crippen molar-refractivity contribution in [3.63, 3.8) is 0 Å². The molecule has 3 nitrogen and oxygen atoms in total. The first-order chi connectivity index (χ1) is 8.28. The minimum Gasteiger partial charge on any atom is -0.496 e. The van der Waals surface area contributed by atoms with E-state index >= 15 is 0 Å². The van der Waals surface area contributed by atoms with Gasteiger partial charge in [-0.1, -0.05) is 6.07 Å². The predicted octanol–water partition coefficient (Wildman–Crippen LogP) is 3.87. The van der Waals surface area contributed by atoms with Crippen LogP contribution in [0.5, 0.6) is 5.75 Å². The van der Waals surface area contributed by atoms with Crippen LogP contribution in [-0.2, 0) is 0 Å². The lowest BCUT2D eigenvalue weighted by Crippen LogP contribution is -1.81. The molecule has 86 valence electrons. The summed E-state index contributed by atoms with van der Waals surface area (Å²) in [4.78, 5) is 4.42. The van der Waals surface area contributed by atoms with Crippen LogP contribution in [0.3, 0.4) is 0 Å². The van der Waals surface area contributed by atoms with Gasteiger partial charge in [0.1, 0.15) is 17.0 Å². The van der Waals surface area contributed by atoms with Gasteiger partial charge in [-0.05, 0) is 25.1 Å². The molecule has 0 atom stereocenters. The minimum absolute atomic E-state index is 0.786. The minimum atomic E-state index is 0.786. The van der Waals surface area contributed by atoms with Gasteiger partial charge in [0.05, 0.1) is 17.5 Å². The molecule has 3 rings (SSSR count). The van der Waals surface area contributed by atoms with E-state index in [1.54, 1.807) is 18.4 Å². The maximum Gasteiger partial charge on any atom is 0.154 e. The van der Waals surface area contributed by atoms with Crippen LogP contribution in [-0.4, -0.2) is 12.1 Å². The number of ether oxygens (including phenoxy) is 1. The van der Waals surface area contributed by atoms with Gasteiger partial charge in [-0.15, -0.1) is 11.3 Å². The van der Waals surface area contributed by atoms with E-state index in [2.05, 4.69) is 4.98 Å². The fourth-order valence-corrected chi connectivity index (χ4v) is 2.42. The maximum absolute atomic E-state index is 5.77. The Hall–Kier alpha value is -1.81. The van der Waals surface area contributed by atoms with Crippen molar-refractivity contribution in [3.8, 4) is 17.2 Å². The molecule has 0 aliphatic carbocycles. The highest BCUT2D eigenvalue weighted by Crippen LogP contribution is 2.33. The van der Waals surface area contributed by atoms with Crippen LogP contribution in [0.4, 0.5) is 0 Å². The lowest BCUT2D eigenvalue weighted by Gasteiger charge is -1.98. The molecular formula is C13H11NO2S. The fraction of sp³-hybridized carbons (Fsp3) is 0.154. The molecule has 2 aromatic heterocycles. The molecule has 0 fully saturated rings. The first-order valence-corrected chi connectivity index (χ1v) is 6.15. The number of nitrogens with zero attached hydrogens (tertiary/aromatic N) is 1. The van der Waals surface area contributed by atoms with E-state index in [-0.39, 0.29) is 0 Å². The molecule has 1 aromatic carbocycles. The van der Waals surface area contributed by atoms with Crippen LogP contribution < -0.4 is 4.74 Å². The number of hydrogen-bond acceptors (Lipinski definition) is 4. The highest BCUT2D eigenvalue weighted by Gasteiger charge is 2.11. The van der Waals surface area contributed by atoms with E-state index in [1.807, 2.05) is 36.6 Å². The van der Waals surface area contributed by atoms with Crippen LogP contribution in [0.2, 0.25) is 0 Å². The molecule has 0 radical (unpaired) electrons. The largest absolute Gasteiger partial charge is 0.496 e. The molecule has 17 heavy (non-hydrogen) atoms. The zero-order chi connectivity index (χ0) is 11.8. The quantitative estimate of drug-likeness (QED) is 0.687. The Labute approximate surface area is 103 Å². The highest BCUT2D eigenvalue weighted by atomic mass is 32.1. The molecule has 0 aliphatic rings. The molecule has 0 saturated heterocycles. The van der Waals surface area contributed by atoms with E-state index in [4.69, 9.17) is 9.15 Å². The molecule has 0 aliphatic heterocycles. The molecule has 0 N–H and O–H groups in total. The summed E-state index contributed by atoms with van der Waals surface area (Å²) in [6.45, 7) is 1.98. The summed E-state index contributed by atoms with van der Waals surface area (Å²) in [5.41, 5.74) is 1.70.